The summed E-state index contributed by atoms with van der Waals surface area (Å²) >= 11 is 0. The Balaban J connectivity index is 2.24. The van der Waals surface area contributed by atoms with E-state index in [9.17, 15) is 9.18 Å². The summed E-state index contributed by atoms with van der Waals surface area (Å²) in [5.41, 5.74) is 0.910. The van der Waals surface area contributed by atoms with Crippen LogP contribution < -0.4 is 5.32 Å². The molecular weight excluding hydrogens is 209 g/mol. The number of carbonyl (C=O) groups excluding carboxylic acids is 1. The predicted molar refractivity (Wildman–Crippen MR) is 59.0 cm³/mol. The van der Waals surface area contributed by atoms with Crippen molar-refractivity contribution in [3.63, 3.8) is 0 Å². The molecule has 1 N–H and O–H groups in total. The third-order valence-electron chi connectivity index (χ3n) is 2.85. The van der Waals surface area contributed by atoms with Crippen molar-refractivity contribution in [3.8, 4) is 0 Å². The van der Waals surface area contributed by atoms with E-state index in [0.29, 0.717) is 17.3 Å². The van der Waals surface area contributed by atoms with E-state index < -0.39 is 5.97 Å². The molecule has 4 heteroatoms. The summed E-state index contributed by atoms with van der Waals surface area (Å²) in [5.74, 6) is -0.795. The molecule has 1 aliphatic rings. The van der Waals surface area contributed by atoms with Gasteiger partial charge in [-0.2, -0.15) is 0 Å². The maximum atomic E-state index is 13.1. The predicted octanol–water partition coefficient (Wildman–Crippen LogP) is 2.58. The van der Waals surface area contributed by atoms with Gasteiger partial charge in [-0.15, -0.1) is 0 Å². The van der Waals surface area contributed by atoms with Gasteiger partial charge in [0.2, 0.25) is 0 Å². The molecule has 1 aliphatic carbocycles. The molecule has 3 nitrogen and oxygen atoms in total. The van der Waals surface area contributed by atoms with Crippen LogP contribution in [-0.2, 0) is 4.74 Å². The summed E-state index contributed by atoms with van der Waals surface area (Å²) in [7, 11) is 1.32. The van der Waals surface area contributed by atoms with Gasteiger partial charge in [-0.3, -0.25) is 0 Å². The molecule has 0 aliphatic heterocycles. The monoisotopic (exact) mass is 223 g/mol. The smallest absolute Gasteiger partial charge is 0.339 e. The molecule has 16 heavy (non-hydrogen) atoms. The van der Waals surface area contributed by atoms with E-state index >= 15 is 0 Å². The van der Waals surface area contributed by atoms with Gasteiger partial charge in [-0.1, -0.05) is 0 Å². The number of ether oxygens (including phenoxy) is 1. The van der Waals surface area contributed by atoms with Crippen LogP contribution in [0.4, 0.5) is 10.1 Å². The van der Waals surface area contributed by atoms with Gasteiger partial charge in [-0.25, -0.2) is 9.18 Å². The number of nitrogens with one attached hydrogen (secondary N) is 1. The topological polar surface area (TPSA) is 38.3 Å². The van der Waals surface area contributed by atoms with Crippen molar-refractivity contribution in [2.75, 3.05) is 12.4 Å². The van der Waals surface area contributed by atoms with E-state index in [2.05, 4.69) is 10.1 Å². The number of halogens is 1. The van der Waals surface area contributed by atoms with Crippen LogP contribution in [0.1, 0.15) is 29.6 Å². The minimum atomic E-state index is -0.443. The van der Waals surface area contributed by atoms with Gasteiger partial charge in [0.1, 0.15) is 5.82 Å². The second kappa shape index (κ2) is 4.51. The molecule has 0 amide bonds. The molecule has 2 rings (SSSR count). The van der Waals surface area contributed by atoms with Crippen LogP contribution in [0.3, 0.4) is 0 Å². The number of benzene rings is 1. The average molecular weight is 223 g/mol. The molecule has 0 aromatic heterocycles. The van der Waals surface area contributed by atoms with Crippen LogP contribution in [0, 0.1) is 5.82 Å². The number of rotatable bonds is 3. The van der Waals surface area contributed by atoms with Crippen LogP contribution in [0.15, 0.2) is 18.2 Å². The maximum Gasteiger partial charge on any atom is 0.339 e. The number of anilines is 1. The molecular formula is C12H14FNO2. The molecule has 0 spiro atoms. The van der Waals surface area contributed by atoms with Crippen molar-refractivity contribution in [2.45, 2.75) is 25.3 Å². The number of methoxy groups -OCH3 is 1. The summed E-state index contributed by atoms with van der Waals surface area (Å²) in [6.07, 6.45) is 3.31. The standard InChI is InChI=1S/C12H14FNO2/c1-16-12(15)10-6-5-8(13)7-11(10)14-9-3-2-4-9/h5-7,9,14H,2-4H2,1H3. The van der Waals surface area contributed by atoms with Gasteiger partial charge in [0.15, 0.2) is 0 Å². The van der Waals surface area contributed by atoms with Crippen LogP contribution in [-0.4, -0.2) is 19.1 Å². The lowest BCUT2D eigenvalue weighted by molar-refractivity contribution is 0.0601. The van der Waals surface area contributed by atoms with Crippen LogP contribution >= 0.6 is 0 Å². The van der Waals surface area contributed by atoms with Crippen molar-refractivity contribution in [3.05, 3.63) is 29.6 Å². The molecule has 0 atom stereocenters. The van der Waals surface area contributed by atoms with Crippen LogP contribution in [0.25, 0.3) is 0 Å². The Morgan fingerprint density at radius 1 is 1.50 bits per heavy atom. The highest BCUT2D eigenvalue weighted by atomic mass is 19.1. The Bertz CT molecular complexity index is 402. The van der Waals surface area contributed by atoms with Gasteiger partial charge < -0.3 is 10.1 Å². The molecule has 1 saturated carbocycles. The summed E-state index contributed by atoms with van der Waals surface area (Å²) in [5, 5.41) is 3.16. The Labute approximate surface area is 93.6 Å². The summed E-state index contributed by atoms with van der Waals surface area (Å²) < 4.78 is 17.7. The lowest BCUT2D eigenvalue weighted by atomic mass is 9.92. The zero-order chi connectivity index (χ0) is 11.5. The minimum absolute atomic E-state index is 0.352. The highest BCUT2D eigenvalue weighted by Gasteiger charge is 2.20. The fourth-order valence-corrected chi connectivity index (χ4v) is 1.70. The van der Waals surface area contributed by atoms with Crippen molar-refractivity contribution >= 4 is 11.7 Å². The third-order valence-corrected chi connectivity index (χ3v) is 2.85. The highest BCUT2D eigenvalue weighted by molar-refractivity contribution is 5.95. The molecule has 1 fully saturated rings. The second-order valence-electron chi connectivity index (χ2n) is 3.95. The van der Waals surface area contributed by atoms with E-state index in [1.165, 1.54) is 31.7 Å². The lowest BCUT2D eigenvalue weighted by Crippen LogP contribution is -2.28. The van der Waals surface area contributed by atoms with Crippen LogP contribution in [0.5, 0.6) is 0 Å². The van der Waals surface area contributed by atoms with Gasteiger partial charge in [-0.05, 0) is 37.5 Å². The third kappa shape index (κ3) is 2.15. The van der Waals surface area contributed by atoms with E-state index in [-0.39, 0.29) is 5.82 Å². The molecule has 0 heterocycles. The van der Waals surface area contributed by atoms with E-state index in [1.807, 2.05) is 0 Å². The lowest BCUT2D eigenvalue weighted by Gasteiger charge is -2.28. The molecule has 0 unspecified atom stereocenters. The van der Waals surface area contributed by atoms with Crippen LogP contribution in [0.2, 0.25) is 0 Å². The first-order valence-electron chi connectivity index (χ1n) is 5.35. The number of hydrogen-bond acceptors (Lipinski definition) is 3. The summed E-state index contributed by atoms with van der Waals surface area (Å²) in [6, 6.07) is 4.40. The molecule has 0 saturated heterocycles. The first kappa shape index (κ1) is 10.9. The fourth-order valence-electron chi connectivity index (χ4n) is 1.70. The summed E-state index contributed by atoms with van der Waals surface area (Å²) in [4.78, 5) is 11.4. The zero-order valence-electron chi connectivity index (χ0n) is 9.13. The van der Waals surface area contributed by atoms with Crippen molar-refractivity contribution in [1.82, 2.24) is 0 Å². The van der Waals surface area contributed by atoms with E-state index in [0.717, 1.165) is 12.8 Å². The van der Waals surface area contributed by atoms with Gasteiger partial charge in [0, 0.05) is 6.04 Å². The largest absolute Gasteiger partial charge is 0.465 e. The fraction of sp³-hybridized carbons (Fsp3) is 0.417. The van der Waals surface area contributed by atoms with Crippen molar-refractivity contribution in [1.29, 1.82) is 0 Å². The molecule has 1 aromatic carbocycles. The molecule has 86 valence electrons. The van der Waals surface area contributed by atoms with Crippen molar-refractivity contribution in [2.24, 2.45) is 0 Å². The Morgan fingerprint density at radius 3 is 2.81 bits per heavy atom. The van der Waals surface area contributed by atoms with Gasteiger partial charge in [0.25, 0.3) is 0 Å². The highest BCUT2D eigenvalue weighted by Crippen LogP contribution is 2.26. The Morgan fingerprint density at radius 2 is 2.25 bits per heavy atom. The minimum Gasteiger partial charge on any atom is -0.465 e. The Hall–Kier alpha value is -1.58. The first-order chi connectivity index (χ1) is 7.70. The zero-order valence-corrected chi connectivity index (χ0v) is 9.13. The van der Waals surface area contributed by atoms with E-state index in [4.69, 9.17) is 0 Å². The number of esters is 1. The average Bonchev–Trinajstić information content (AvgIpc) is 2.22. The van der Waals surface area contributed by atoms with Crippen molar-refractivity contribution < 1.29 is 13.9 Å². The summed E-state index contributed by atoms with van der Waals surface area (Å²) in [6.45, 7) is 0. The molecule has 0 radical (unpaired) electrons. The van der Waals surface area contributed by atoms with Gasteiger partial charge in [0.05, 0.1) is 18.4 Å². The maximum absolute atomic E-state index is 13.1. The SMILES string of the molecule is COC(=O)c1ccc(F)cc1NC1CCC1. The second-order valence-corrected chi connectivity index (χ2v) is 3.95. The van der Waals surface area contributed by atoms with Gasteiger partial charge >= 0.3 is 5.97 Å². The number of hydrogen-bond donors (Lipinski definition) is 1. The quantitative estimate of drug-likeness (QED) is 0.800. The normalized spacial score (nSPS) is 15.4. The first-order valence-corrected chi connectivity index (χ1v) is 5.35. The number of carbonyl (C=O) groups is 1. The Kier molecular flexibility index (Phi) is 3.08. The molecule has 0 bridgehead atoms. The van der Waals surface area contributed by atoms with E-state index in [1.54, 1.807) is 0 Å². The molecule has 1 aromatic rings.